The summed E-state index contributed by atoms with van der Waals surface area (Å²) >= 11 is 0. The van der Waals surface area contributed by atoms with Gasteiger partial charge in [0.2, 0.25) is 5.82 Å². The number of nitrogens with zero attached hydrogens (tertiary/aromatic N) is 4. The molecular formula is C21H24N4O2. The Hall–Kier alpha value is -2.63. The summed E-state index contributed by atoms with van der Waals surface area (Å²) in [5.74, 6) is 2.40. The molecular weight excluding hydrogens is 340 g/mol. The number of para-hydroxylation sites is 1. The van der Waals surface area contributed by atoms with Crippen molar-refractivity contribution in [3.63, 3.8) is 0 Å². The molecule has 1 aromatic heterocycles. The van der Waals surface area contributed by atoms with Crippen LogP contribution in [0.5, 0.6) is 5.75 Å². The lowest BCUT2D eigenvalue weighted by atomic mass is 9.91. The van der Waals surface area contributed by atoms with Crippen molar-refractivity contribution in [2.75, 3.05) is 13.1 Å². The predicted octanol–water partition coefficient (Wildman–Crippen LogP) is 3.09. The van der Waals surface area contributed by atoms with Crippen LogP contribution >= 0.6 is 0 Å². The van der Waals surface area contributed by atoms with E-state index in [1.54, 1.807) is 0 Å². The fourth-order valence-corrected chi connectivity index (χ4v) is 4.42. The second-order valence-corrected chi connectivity index (χ2v) is 7.73. The first-order valence-electron chi connectivity index (χ1n) is 9.93. The van der Waals surface area contributed by atoms with Crippen LogP contribution < -0.4 is 4.74 Å². The zero-order chi connectivity index (χ0) is 18.3. The van der Waals surface area contributed by atoms with Crippen molar-refractivity contribution in [2.45, 2.75) is 50.7 Å². The van der Waals surface area contributed by atoms with Crippen LogP contribution in [0.15, 0.2) is 30.3 Å². The minimum Gasteiger partial charge on any atom is -0.483 e. The van der Waals surface area contributed by atoms with E-state index in [0.29, 0.717) is 12.4 Å². The summed E-state index contributed by atoms with van der Waals surface area (Å²) in [5.41, 5.74) is 0.809. The molecule has 1 saturated heterocycles. The first-order valence-corrected chi connectivity index (χ1v) is 9.93. The quantitative estimate of drug-likeness (QED) is 0.780. The van der Waals surface area contributed by atoms with E-state index >= 15 is 0 Å². The summed E-state index contributed by atoms with van der Waals surface area (Å²) in [5, 5.41) is 8.45. The molecule has 0 aliphatic carbocycles. The van der Waals surface area contributed by atoms with E-state index in [2.05, 4.69) is 28.4 Å². The Balaban J connectivity index is 1.33. The van der Waals surface area contributed by atoms with Crippen LogP contribution in [0.25, 0.3) is 6.08 Å². The molecule has 1 atom stereocenters. The van der Waals surface area contributed by atoms with Gasteiger partial charge in [0.15, 0.2) is 0 Å². The van der Waals surface area contributed by atoms with Gasteiger partial charge >= 0.3 is 0 Å². The number of carbonyl (C=O) groups is 1. The van der Waals surface area contributed by atoms with Gasteiger partial charge in [-0.15, -0.1) is 10.2 Å². The number of benzene rings is 1. The smallest absolute Gasteiger partial charge is 0.291 e. The van der Waals surface area contributed by atoms with Crippen molar-refractivity contribution < 1.29 is 9.53 Å². The van der Waals surface area contributed by atoms with E-state index in [1.165, 1.54) is 0 Å². The molecule has 4 heterocycles. The summed E-state index contributed by atoms with van der Waals surface area (Å²) in [6.45, 7) is 2.26. The van der Waals surface area contributed by atoms with Gasteiger partial charge in [-0.25, -0.2) is 0 Å². The van der Waals surface area contributed by atoms with Crippen LogP contribution in [-0.4, -0.2) is 44.3 Å². The van der Waals surface area contributed by atoms with Crippen LogP contribution in [0.4, 0.5) is 0 Å². The van der Waals surface area contributed by atoms with E-state index in [0.717, 1.165) is 68.8 Å². The number of ether oxygens (including phenoxy) is 1. The van der Waals surface area contributed by atoms with Crippen molar-refractivity contribution in [1.29, 1.82) is 0 Å². The van der Waals surface area contributed by atoms with Gasteiger partial charge in [-0.1, -0.05) is 24.3 Å². The normalized spacial score (nSPS) is 24.1. The zero-order valence-corrected chi connectivity index (χ0v) is 15.4. The third-order valence-electron chi connectivity index (χ3n) is 5.97. The minimum absolute atomic E-state index is 0.00730. The Morgan fingerprint density at radius 1 is 1.04 bits per heavy atom. The van der Waals surface area contributed by atoms with Crippen molar-refractivity contribution in [2.24, 2.45) is 0 Å². The Bertz CT molecular complexity index is 903. The molecule has 1 amide bonds. The molecule has 0 saturated carbocycles. The highest BCUT2D eigenvalue weighted by Crippen LogP contribution is 2.37. The highest BCUT2D eigenvalue weighted by atomic mass is 16.5. The summed E-state index contributed by atoms with van der Waals surface area (Å²) in [4.78, 5) is 15.0. The third-order valence-corrected chi connectivity index (χ3v) is 5.97. The van der Waals surface area contributed by atoms with Gasteiger partial charge in [0.1, 0.15) is 17.2 Å². The first kappa shape index (κ1) is 16.5. The Kier molecular flexibility index (Phi) is 3.99. The molecule has 0 bridgehead atoms. The maximum absolute atomic E-state index is 13.1. The molecule has 2 aromatic rings. The largest absolute Gasteiger partial charge is 0.483 e. The molecule has 0 N–H and O–H groups in total. The van der Waals surface area contributed by atoms with Gasteiger partial charge in [-0.2, -0.15) is 0 Å². The molecule has 1 spiro atoms. The topological polar surface area (TPSA) is 60.2 Å². The molecule has 6 heteroatoms. The van der Waals surface area contributed by atoms with Crippen molar-refractivity contribution in [3.05, 3.63) is 47.6 Å². The van der Waals surface area contributed by atoms with E-state index in [4.69, 9.17) is 4.74 Å². The average molecular weight is 364 g/mol. The molecule has 1 aromatic carbocycles. The van der Waals surface area contributed by atoms with E-state index in [9.17, 15) is 4.79 Å². The van der Waals surface area contributed by atoms with Gasteiger partial charge in [-0.05, 0) is 37.8 Å². The Morgan fingerprint density at radius 2 is 1.96 bits per heavy atom. The van der Waals surface area contributed by atoms with Crippen molar-refractivity contribution in [1.82, 2.24) is 19.7 Å². The molecule has 0 radical (unpaired) electrons. The number of carbonyl (C=O) groups excluding carboxylic acids is 1. The highest BCUT2D eigenvalue weighted by molar-refractivity contribution is 5.90. The van der Waals surface area contributed by atoms with Gasteiger partial charge in [0.25, 0.3) is 5.91 Å². The van der Waals surface area contributed by atoms with Crippen LogP contribution in [0.2, 0.25) is 0 Å². The van der Waals surface area contributed by atoms with Crippen LogP contribution in [-0.2, 0) is 13.0 Å². The standard InChI is InChI=1S/C21H24N4O2/c26-20(19-23-22-18-8-3-4-14-25(18)19)24-13-5-10-21(12-15-24)11-9-16-6-1-2-7-17(16)27-21/h1-2,6-7,9,11H,3-5,8,10,12-15H2. The summed E-state index contributed by atoms with van der Waals surface area (Å²) in [6.07, 6.45) is 10.1. The highest BCUT2D eigenvalue weighted by Gasteiger charge is 2.36. The number of aryl methyl sites for hydroxylation is 1. The lowest BCUT2D eigenvalue weighted by Crippen LogP contribution is -2.38. The number of rotatable bonds is 1. The molecule has 3 aliphatic heterocycles. The van der Waals surface area contributed by atoms with Crippen LogP contribution in [0.1, 0.15) is 54.1 Å². The van der Waals surface area contributed by atoms with Crippen LogP contribution in [0.3, 0.4) is 0 Å². The molecule has 1 unspecified atom stereocenters. The monoisotopic (exact) mass is 364 g/mol. The van der Waals surface area contributed by atoms with Crippen molar-refractivity contribution in [3.8, 4) is 5.75 Å². The number of likely N-dealkylation sites (tertiary alicyclic amines) is 1. The number of amides is 1. The fraction of sp³-hybridized carbons (Fsp3) is 0.476. The molecule has 3 aliphatic rings. The lowest BCUT2D eigenvalue weighted by molar-refractivity contribution is 0.0713. The molecule has 5 rings (SSSR count). The van der Waals surface area contributed by atoms with Crippen molar-refractivity contribution >= 4 is 12.0 Å². The summed E-state index contributed by atoms with van der Waals surface area (Å²) in [7, 11) is 0. The summed E-state index contributed by atoms with van der Waals surface area (Å²) < 4.78 is 8.41. The Morgan fingerprint density at radius 3 is 2.93 bits per heavy atom. The molecule has 1 fully saturated rings. The second-order valence-electron chi connectivity index (χ2n) is 7.73. The number of fused-ring (bicyclic) bond motifs is 2. The second kappa shape index (κ2) is 6.51. The molecule has 27 heavy (non-hydrogen) atoms. The summed E-state index contributed by atoms with van der Waals surface area (Å²) in [6, 6.07) is 8.13. The Labute approximate surface area is 158 Å². The number of hydrogen-bond acceptors (Lipinski definition) is 4. The van der Waals surface area contributed by atoms with Gasteiger partial charge < -0.3 is 14.2 Å². The van der Waals surface area contributed by atoms with Crippen LogP contribution in [0, 0.1) is 0 Å². The SMILES string of the molecule is O=C(c1nnc2n1CCCC2)N1CCCC2(C=Cc3ccccc3O2)CC1. The van der Waals surface area contributed by atoms with E-state index in [-0.39, 0.29) is 11.5 Å². The molecule has 6 nitrogen and oxygen atoms in total. The fourth-order valence-electron chi connectivity index (χ4n) is 4.42. The van der Waals surface area contributed by atoms with E-state index < -0.39 is 0 Å². The maximum Gasteiger partial charge on any atom is 0.291 e. The lowest BCUT2D eigenvalue weighted by Gasteiger charge is -2.34. The first-order chi connectivity index (χ1) is 13.2. The van der Waals surface area contributed by atoms with Gasteiger partial charge in [0.05, 0.1) is 0 Å². The average Bonchev–Trinajstić information content (AvgIpc) is 3.04. The number of aromatic nitrogens is 3. The maximum atomic E-state index is 13.1. The predicted molar refractivity (Wildman–Crippen MR) is 102 cm³/mol. The molecule has 140 valence electrons. The van der Waals surface area contributed by atoms with E-state index in [1.807, 2.05) is 27.7 Å². The number of hydrogen-bond donors (Lipinski definition) is 0. The minimum atomic E-state index is -0.312. The zero-order valence-electron chi connectivity index (χ0n) is 15.4. The van der Waals surface area contributed by atoms with Gasteiger partial charge in [-0.3, -0.25) is 4.79 Å². The van der Waals surface area contributed by atoms with Gasteiger partial charge in [0, 0.05) is 38.0 Å². The third kappa shape index (κ3) is 2.93.